The van der Waals surface area contributed by atoms with Gasteiger partial charge in [-0.2, -0.15) is 0 Å². The van der Waals surface area contributed by atoms with Gasteiger partial charge >= 0.3 is 0 Å². The van der Waals surface area contributed by atoms with Crippen LogP contribution in [0.3, 0.4) is 0 Å². The highest BCUT2D eigenvalue weighted by Crippen LogP contribution is 2.35. The molecule has 0 bridgehead atoms. The molecule has 0 amide bonds. The van der Waals surface area contributed by atoms with Gasteiger partial charge in [-0.15, -0.1) is 0 Å². The SMILES string of the molecule is CCNC1CCC(c2ccccc2)CC1N(C)CC(F)F. The Balaban J connectivity index is 2.08. The largest absolute Gasteiger partial charge is 0.313 e. The number of benzene rings is 1. The molecule has 1 aromatic rings. The zero-order chi connectivity index (χ0) is 15.2. The van der Waals surface area contributed by atoms with Gasteiger partial charge in [-0.3, -0.25) is 4.90 Å². The number of likely N-dealkylation sites (N-methyl/N-ethyl adjacent to an activating group) is 2. The second-order valence-corrected chi connectivity index (χ2v) is 5.98. The van der Waals surface area contributed by atoms with E-state index in [1.807, 2.05) is 18.0 Å². The number of hydrogen-bond donors (Lipinski definition) is 1. The fraction of sp³-hybridized carbons (Fsp3) is 0.647. The number of nitrogens with one attached hydrogen (secondary N) is 1. The smallest absolute Gasteiger partial charge is 0.251 e. The molecule has 0 radical (unpaired) electrons. The molecule has 1 aliphatic rings. The third kappa shape index (κ3) is 4.48. The molecule has 1 saturated carbocycles. The van der Waals surface area contributed by atoms with Crippen molar-refractivity contribution in [2.24, 2.45) is 0 Å². The lowest BCUT2D eigenvalue weighted by Gasteiger charge is -2.41. The zero-order valence-electron chi connectivity index (χ0n) is 12.9. The van der Waals surface area contributed by atoms with E-state index < -0.39 is 6.43 Å². The van der Waals surface area contributed by atoms with E-state index in [1.54, 1.807) is 0 Å². The Bertz CT molecular complexity index is 411. The molecule has 21 heavy (non-hydrogen) atoms. The lowest BCUT2D eigenvalue weighted by molar-refractivity contribution is 0.0558. The molecule has 2 nitrogen and oxygen atoms in total. The molecule has 1 aromatic carbocycles. The van der Waals surface area contributed by atoms with Crippen LogP contribution in [0.1, 0.15) is 37.7 Å². The van der Waals surface area contributed by atoms with Crippen LogP contribution >= 0.6 is 0 Å². The number of alkyl halides is 2. The minimum Gasteiger partial charge on any atom is -0.313 e. The molecule has 3 unspecified atom stereocenters. The molecule has 1 N–H and O–H groups in total. The Morgan fingerprint density at radius 3 is 2.57 bits per heavy atom. The van der Waals surface area contributed by atoms with Crippen molar-refractivity contribution in [1.29, 1.82) is 0 Å². The molecule has 1 aliphatic carbocycles. The highest BCUT2D eigenvalue weighted by Gasteiger charge is 2.33. The summed E-state index contributed by atoms with van der Waals surface area (Å²) in [7, 11) is 1.83. The minimum atomic E-state index is -2.27. The van der Waals surface area contributed by atoms with Crippen molar-refractivity contribution in [3.8, 4) is 0 Å². The molecule has 3 atom stereocenters. The maximum atomic E-state index is 12.7. The first-order valence-corrected chi connectivity index (χ1v) is 7.88. The molecule has 4 heteroatoms. The topological polar surface area (TPSA) is 15.3 Å². The molecule has 0 saturated heterocycles. The maximum absolute atomic E-state index is 12.7. The second kappa shape index (κ2) is 7.85. The highest BCUT2D eigenvalue weighted by molar-refractivity contribution is 5.21. The summed E-state index contributed by atoms with van der Waals surface area (Å²) in [5, 5.41) is 3.47. The van der Waals surface area contributed by atoms with Gasteiger partial charge in [0.05, 0.1) is 6.54 Å². The summed E-state index contributed by atoms with van der Waals surface area (Å²) >= 11 is 0. The molecule has 0 spiro atoms. The number of halogens is 2. The first-order valence-electron chi connectivity index (χ1n) is 7.88. The normalized spacial score (nSPS) is 26.5. The Morgan fingerprint density at radius 1 is 1.24 bits per heavy atom. The van der Waals surface area contributed by atoms with Gasteiger partial charge in [0.15, 0.2) is 0 Å². The molecule has 0 aliphatic heterocycles. The van der Waals surface area contributed by atoms with Crippen molar-refractivity contribution in [3.05, 3.63) is 35.9 Å². The van der Waals surface area contributed by atoms with Crippen LogP contribution in [0.15, 0.2) is 30.3 Å². The quantitative estimate of drug-likeness (QED) is 0.864. The summed E-state index contributed by atoms with van der Waals surface area (Å²) in [5.41, 5.74) is 1.34. The van der Waals surface area contributed by atoms with Crippen molar-refractivity contribution in [2.45, 2.75) is 50.6 Å². The van der Waals surface area contributed by atoms with E-state index in [2.05, 4.69) is 36.5 Å². The van der Waals surface area contributed by atoms with Crippen molar-refractivity contribution in [2.75, 3.05) is 20.1 Å². The molecule has 0 heterocycles. The van der Waals surface area contributed by atoms with Gasteiger partial charge in [-0.25, -0.2) is 8.78 Å². The molecular weight excluding hydrogens is 270 g/mol. The predicted octanol–water partition coefficient (Wildman–Crippen LogP) is 3.50. The van der Waals surface area contributed by atoms with E-state index in [4.69, 9.17) is 0 Å². The van der Waals surface area contributed by atoms with Crippen LogP contribution in [0, 0.1) is 0 Å². The van der Waals surface area contributed by atoms with Gasteiger partial charge in [-0.1, -0.05) is 37.3 Å². The van der Waals surface area contributed by atoms with E-state index >= 15 is 0 Å². The van der Waals surface area contributed by atoms with Crippen LogP contribution in [0.5, 0.6) is 0 Å². The van der Waals surface area contributed by atoms with Crippen LogP contribution < -0.4 is 5.32 Å². The monoisotopic (exact) mass is 296 g/mol. The van der Waals surface area contributed by atoms with Crippen molar-refractivity contribution in [1.82, 2.24) is 10.2 Å². The lowest BCUT2D eigenvalue weighted by Crippen LogP contribution is -2.52. The third-order valence-corrected chi connectivity index (χ3v) is 4.55. The standard InChI is InChI=1S/C17H26F2N2/c1-3-20-15-10-9-14(13-7-5-4-6-8-13)11-16(15)21(2)12-17(18)19/h4-8,14-17,20H,3,9-12H2,1-2H3. The van der Waals surface area contributed by atoms with E-state index in [0.717, 1.165) is 25.8 Å². The average molecular weight is 296 g/mol. The van der Waals surface area contributed by atoms with Crippen LogP contribution in [0.2, 0.25) is 0 Å². The minimum absolute atomic E-state index is 0.145. The molecule has 0 aromatic heterocycles. The Kier molecular flexibility index (Phi) is 6.12. The van der Waals surface area contributed by atoms with Gasteiger partial charge in [0.25, 0.3) is 6.43 Å². The molecular formula is C17H26F2N2. The van der Waals surface area contributed by atoms with Crippen LogP contribution in [0.25, 0.3) is 0 Å². The van der Waals surface area contributed by atoms with E-state index in [1.165, 1.54) is 5.56 Å². The predicted molar refractivity (Wildman–Crippen MR) is 82.9 cm³/mol. The Morgan fingerprint density at radius 2 is 1.95 bits per heavy atom. The van der Waals surface area contributed by atoms with Crippen LogP contribution in [-0.2, 0) is 0 Å². The lowest BCUT2D eigenvalue weighted by atomic mass is 9.78. The summed E-state index contributed by atoms with van der Waals surface area (Å²) in [6, 6.07) is 10.9. The molecule has 2 rings (SSSR count). The van der Waals surface area contributed by atoms with Gasteiger partial charge in [0, 0.05) is 12.1 Å². The van der Waals surface area contributed by atoms with Crippen molar-refractivity contribution < 1.29 is 8.78 Å². The number of nitrogens with zero attached hydrogens (tertiary/aromatic N) is 1. The summed E-state index contributed by atoms with van der Waals surface area (Å²) in [4.78, 5) is 1.84. The Hall–Kier alpha value is -1.00. The summed E-state index contributed by atoms with van der Waals surface area (Å²) < 4.78 is 25.4. The Labute approximate surface area is 126 Å². The second-order valence-electron chi connectivity index (χ2n) is 5.98. The van der Waals surface area contributed by atoms with E-state index in [9.17, 15) is 8.78 Å². The first kappa shape index (κ1) is 16.4. The van der Waals surface area contributed by atoms with Gasteiger partial charge in [0.2, 0.25) is 0 Å². The van der Waals surface area contributed by atoms with Gasteiger partial charge < -0.3 is 5.32 Å². The average Bonchev–Trinajstić information content (AvgIpc) is 2.48. The maximum Gasteiger partial charge on any atom is 0.251 e. The fourth-order valence-electron chi connectivity index (χ4n) is 3.52. The molecule has 1 fully saturated rings. The molecule has 118 valence electrons. The van der Waals surface area contributed by atoms with Crippen molar-refractivity contribution in [3.63, 3.8) is 0 Å². The third-order valence-electron chi connectivity index (χ3n) is 4.55. The van der Waals surface area contributed by atoms with E-state index in [0.29, 0.717) is 12.0 Å². The first-order chi connectivity index (χ1) is 10.1. The zero-order valence-corrected chi connectivity index (χ0v) is 12.9. The summed E-state index contributed by atoms with van der Waals surface area (Å²) in [6.07, 6.45) is 0.853. The summed E-state index contributed by atoms with van der Waals surface area (Å²) in [5.74, 6) is 0.478. The van der Waals surface area contributed by atoms with Gasteiger partial charge in [-0.05, 0) is 44.3 Å². The van der Waals surface area contributed by atoms with E-state index in [-0.39, 0.29) is 12.6 Å². The highest BCUT2D eigenvalue weighted by atomic mass is 19.3. The van der Waals surface area contributed by atoms with Crippen LogP contribution in [-0.4, -0.2) is 43.5 Å². The van der Waals surface area contributed by atoms with Crippen molar-refractivity contribution >= 4 is 0 Å². The number of hydrogen-bond acceptors (Lipinski definition) is 2. The number of rotatable bonds is 6. The van der Waals surface area contributed by atoms with Gasteiger partial charge in [0.1, 0.15) is 0 Å². The summed E-state index contributed by atoms with van der Waals surface area (Å²) in [6.45, 7) is 2.82. The fourth-order valence-corrected chi connectivity index (χ4v) is 3.52. The van der Waals surface area contributed by atoms with Crippen LogP contribution in [0.4, 0.5) is 8.78 Å².